The van der Waals surface area contributed by atoms with E-state index in [9.17, 15) is 9.59 Å². The van der Waals surface area contributed by atoms with Crippen molar-refractivity contribution >= 4 is 25.1 Å². The van der Waals surface area contributed by atoms with E-state index in [1.807, 2.05) is 84.9 Å². The van der Waals surface area contributed by atoms with Gasteiger partial charge in [-0.15, -0.1) is 0 Å². The highest BCUT2D eigenvalue weighted by Gasteiger charge is 2.01. The Kier molecular flexibility index (Phi) is 8.98. The van der Waals surface area contributed by atoms with Gasteiger partial charge < -0.3 is 0 Å². The molecule has 0 saturated carbocycles. The summed E-state index contributed by atoms with van der Waals surface area (Å²) >= 11 is 0. The second-order valence-electron chi connectivity index (χ2n) is 7.00. The summed E-state index contributed by atoms with van der Waals surface area (Å²) in [6.45, 7) is 3.16. The van der Waals surface area contributed by atoms with Crippen LogP contribution in [0.1, 0.15) is 34.6 Å². The second kappa shape index (κ2) is 11.7. The molecule has 156 valence electrons. The molecule has 0 amide bonds. The SMILES string of the molecule is CC(=O)c1ccc(-c2ccccc2)cc1.CC(=O)c1ccc(-c2ccccc2)cc1.S. The molecule has 2 nitrogen and oxygen atoms in total. The van der Waals surface area contributed by atoms with Gasteiger partial charge in [-0.2, -0.15) is 13.5 Å². The Morgan fingerprint density at radius 1 is 0.419 bits per heavy atom. The van der Waals surface area contributed by atoms with Gasteiger partial charge in [-0.25, -0.2) is 0 Å². The minimum absolute atomic E-state index is 0. The fourth-order valence-corrected chi connectivity index (χ4v) is 3.06. The highest BCUT2D eigenvalue weighted by molar-refractivity contribution is 7.59. The third-order valence-corrected chi connectivity index (χ3v) is 4.80. The average Bonchev–Trinajstić information content (AvgIpc) is 2.81. The first-order chi connectivity index (χ1) is 14.5. The summed E-state index contributed by atoms with van der Waals surface area (Å²) < 4.78 is 0. The van der Waals surface area contributed by atoms with Crippen molar-refractivity contribution in [3.05, 3.63) is 120 Å². The minimum atomic E-state index is 0. The molecule has 0 fully saturated rings. The molecule has 0 radical (unpaired) electrons. The fourth-order valence-electron chi connectivity index (χ4n) is 3.06. The molecule has 0 unspecified atom stereocenters. The van der Waals surface area contributed by atoms with Crippen LogP contribution in [0.4, 0.5) is 0 Å². The van der Waals surface area contributed by atoms with E-state index in [1.165, 1.54) is 11.1 Å². The predicted molar refractivity (Wildman–Crippen MR) is 134 cm³/mol. The molecular weight excluding hydrogens is 400 g/mol. The molecule has 0 aliphatic heterocycles. The number of ketones is 2. The molecule has 0 aliphatic rings. The van der Waals surface area contributed by atoms with Crippen molar-refractivity contribution in [1.82, 2.24) is 0 Å². The van der Waals surface area contributed by atoms with Crippen LogP contribution in [0.25, 0.3) is 22.3 Å². The quantitative estimate of drug-likeness (QED) is 0.323. The maximum absolute atomic E-state index is 11.1. The second-order valence-corrected chi connectivity index (χ2v) is 7.00. The Morgan fingerprint density at radius 3 is 0.935 bits per heavy atom. The van der Waals surface area contributed by atoms with Crippen molar-refractivity contribution in [2.24, 2.45) is 0 Å². The summed E-state index contributed by atoms with van der Waals surface area (Å²) in [6.07, 6.45) is 0. The molecular formula is C28H26O2S. The number of carbonyl (C=O) groups is 2. The van der Waals surface area contributed by atoms with E-state index >= 15 is 0 Å². The lowest BCUT2D eigenvalue weighted by molar-refractivity contribution is 0.100. The van der Waals surface area contributed by atoms with Gasteiger partial charge in [0.2, 0.25) is 0 Å². The summed E-state index contributed by atoms with van der Waals surface area (Å²) in [7, 11) is 0. The van der Waals surface area contributed by atoms with E-state index in [4.69, 9.17) is 0 Å². The van der Waals surface area contributed by atoms with Crippen LogP contribution in [0.3, 0.4) is 0 Å². The van der Waals surface area contributed by atoms with Gasteiger partial charge in [-0.05, 0) is 36.1 Å². The fraction of sp³-hybridized carbons (Fsp3) is 0.0714. The highest BCUT2D eigenvalue weighted by Crippen LogP contribution is 2.20. The topological polar surface area (TPSA) is 34.1 Å². The molecule has 3 heteroatoms. The van der Waals surface area contributed by atoms with Gasteiger partial charge in [0, 0.05) is 11.1 Å². The summed E-state index contributed by atoms with van der Waals surface area (Å²) in [5.74, 6) is 0.212. The van der Waals surface area contributed by atoms with Crippen LogP contribution in [-0.2, 0) is 0 Å². The number of carbonyl (C=O) groups excluding carboxylic acids is 2. The molecule has 4 aromatic rings. The predicted octanol–water partition coefficient (Wildman–Crippen LogP) is 7.23. The number of rotatable bonds is 4. The largest absolute Gasteiger partial charge is 0.295 e. The number of Topliss-reactive ketones (excluding diaryl/α,β-unsaturated/α-hetero) is 2. The Labute approximate surface area is 191 Å². The molecule has 0 heterocycles. The Balaban J connectivity index is 0.000000213. The molecule has 0 bridgehead atoms. The first kappa shape index (κ1) is 23.8. The van der Waals surface area contributed by atoms with E-state index < -0.39 is 0 Å². The summed E-state index contributed by atoms with van der Waals surface area (Å²) in [5, 5.41) is 0. The maximum Gasteiger partial charge on any atom is 0.159 e. The van der Waals surface area contributed by atoms with Crippen molar-refractivity contribution in [1.29, 1.82) is 0 Å². The Morgan fingerprint density at radius 2 is 0.677 bits per heavy atom. The van der Waals surface area contributed by atoms with Gasteiger partial charge in [-0.3, -0.25) is 9.59 Å². The number of hydrogen-bond donors (Lipinski definition) is 0. The zero-order valence-electron chi connectivity index (χ0n) is 17.7. The molecule has 0 aromatic heterocycles. The van der Waals surface area contributed by atoms with Crippen molar-refractivity contribution in [3.8, 4) is 22.3 Å². The van der Waals surface area contributed by atoms with Crippen LogP contribution in [0.5, 0.6) is 0 Å². The lowest BCUT2D eigenvalue weighted by atomic mass is 10.0. The Hall–Kier alpha value is -3.43. The van der Waals surface area contributed by atoms with Crippen LogP contribution in [0, 0.1) is 0 Å². The van der Waals surface area contributed by atoms with E-state index in [2.05, 4.69) is 24.3 Å². The monoisotopic (exact) mass is 426 g/mol. The van der Waals surface area contributed by atoms with Crippen LogP contribution in [0.15, 0.2) is 109 Å². The summed E-state index contributed by atoms with van der Waals surface area (Å²) in [4.78, 5) is 22.2. The minimum Gasteiger partial charge on any atom is -0.295 e. The molecule has 0 spiro atoms. The third kappa shape index (κ3) is 6.80. The van der Waals surface area contributed by atoms with Gasteiger partial charge in [-0.1, -0.05) is 109 Å². The number of benzene rings is 4. The molecule has 4 rings (SSSR count). The molecule has 0 aliphatic carbocycles. The zero-order chi connectivity index (χ0) is 21.3. The first-order valence-electron chi connectivity index (χ1n) is 9.87. The van der Waals surface area contributed by atoms with Crippen LogP contribution in [0.2, 0.25) is 0 Å². The molecule has 4 aromatic carbocycles. The van der Waals surface area contributed by atoms with Crippen LogP contribution >= 0.6 is 13.5 Å². The summed E-state index contributed by atoms with van der Waals surface area (Å²) in [6, 6.07) is 35.6. The van der Waals surface area contributed by atoms with Gasteiger partial charge in [0.25, 0.3) is 0 Å². The highest BCUT2D eigenvalue weighted by atomic mass is 32.1. The molecule has 0 saturated heterocycles. The van der Waals surface area contributed by atoms with E-state index in [-0.39, 0.29) is 25.1 Å². The van der Waals surface area contributed by atoms with Gasteiger partial charge >= 0.3 is 0 Å². The normalized spacial score (nSPS) is 9.61. The van der Waals surface area contributed by atoms with Crippen molar-refractivity contribution < 1.29 is 9.59 Å². The number of hydrogen-bond acceptors (Lipinski definition) is 2. The molecule has 0 N–H and O–H groups in total. The van der Waals surface area contributed by atoms with Crippen molar-refractivity contribution in [2.45, 2.75) is 13.8 Å². The standard InChI is InChI=1S/2C14H12O.H2S/c2*1-11(15)12-7-9-14(10-8-12)13-5-3-2-4-6-13;/h2*2-10H,1H3;1H2. The smallest absolute Gasteiger partial charge is 0.159 e. The lowest BCUT2D eigenvalue weighted by Gasteiger charge is -2.01. The average molecular weight is 427 g/mol. The summed E-state index contributed by atoms with van der Waals surface area (Å²) in [5.41, 5.74) is 6.14. The van der Waals surface area contributed by atoms with Crippen molar-refractivity contribution in [2.75, 3.05) is 0 Å². The van der Waals surface area contributed by atoms with E-state index in [1.54, 1.807) is 13.8 Å². The van der Waals surface area contributed by atoms with E-state index in [0.717, 1.165) is 22.3 Å². The third-order valence-electron chi connectivity index (χ3n) is 4.80. The zero-order valence-corrected chi connectivity index (χ0v) is 18.7. The van der Waals surface area contributed by atoms with Crippen LogP contribution < -0.4 is 0 Å². The van der Waals surface area contributed by atoms with Gasteiger partial charge in [0.15, 0.2) is 11.6 Å². The first-order valence-corrected chi connectivity index (χ1v) is 9.87. The van der Waals surface area contributed by atoms with Gasteiger partial charge in [0.05, 0.1) is 0 Å². The molecule has 0 atom stereocenters. The Bertz CT molecular complexity index is 1010. The lowest BCUT2D eigenvalue weighted by Crippen LogP contribution is -1.90. The maximum atomic E-state index is 11.1. The van der Waals surface area contributed by atoms with E-state index in [0.29, 0.717) is 0 Å². The van der Waals surface area contributed by atoms with Crippen LogP contribution in [-0.4, -0.2) is 11.6 Å². The molecule has 31 heavy (non-hydrogen) atoms. The van der Waals surface area contributed by atoms with Crippen molar-refractivity contribution in [3.63, 3.8) is 0 Å². The van der Waals surface area contributed by atoms with Gasteiger partial charge in [0.1, 0.15) is 0 Å².